The molecule has 0 atom stereocenters. The van der Waals surface area contributed by atoms with Crippen LogP contribution in [0, 0.1) is 10.1 Å². The Bertz CT molecular complexity index is 676. The summed E-state index contributed by atoms with van der Waals surface area (Å²) in [4.78, 5) is 11.2. The number of nitrogens with zero attached hydrogens (tertiary/aromatic N) is 2. The van der Waals surface area contributed by atoms with Gasteiger partial charge < -0.3 is 4.74 Å². The molecule has 6 nitrogen and oxygen atoms in total. The predicted octanol–water partition coefficient (Wildman–Crippen LogP) is 4.09. The summed E-state index contributed by atoms with van der Waals surface area (Å²) in [6.45, 7) is 0.934. The van der Waals surface area contributed by atoms with E-state index in [-0.39, 0.29) is 27.9 Å². The Hall–Kier alpha value is -2.16. The van der Waals surface area contributed by atoms with Crippen LogP contribution in [0.2, 0.25) is 0 Å². The second-order valence-electron chi connectivity index (χ2n) is 4.59. The molecule has 0 bridgehead atoms. The number of hydrogen-bond donors (Lipinski definition) is 1. The molecule has 0 spiro atoms. The number of aromatic amines is 1. The van der Waals surface area contributed by atoms with E-state index < -0.39 is 11.5 Å². The van der Waals surface area contributed by atoms with Crippen molar-refractivity contribution in [3.05, 3.63) is 34.5 Å². The van der Waals surface area contributed by atoms with Gasteiger partial charge in [-0.25, -0.2) is 0 Å². The van der Waals surface area contributed by atoms with Crippen molar-refractivity contribution < 1.29 is 18.4 Å². The number of hydrogen-bond acceptors (Lipinski definition) is 5. The van der Waals surface area contributed by atoms with Gasteiger partial charge in [-0.1, -0.05) is 13.8 Å². The minimum absolute atomic E-state index is 0.0341. The predicted molar refractivity (Wildman–Crippen MR) is 78.3 cm³/mol. The zero-order chi connectivity index (χ0) is 16.3. The van der Waals surface area contributed by atoms with E-state index in [9.17, 15) is 18.9 Å². The van der Waals surface area contributed by atoms with Crippen LogP contribution in [-0.2, 0) is 0 Å². The number of alkyl halides is 2. The molecule has 0 saturated heterocycles. The number of ether oxygens (including phenoxy) is 1. The maximum atomic E-state index is 12.5. The van der Waals surface area contributed by atoms with E-state index in [1.165, 1.54) is 17.8 Å². The van der Waals surface area contributed by atoms with Crippen LogP contribution in [0.4, 0.5) is 14.5 Å². The minimum Gasteiger partial charge on any atom is -0.434 e. The Morgan fingerprint density at radius 2 is 2.14 bits per heavy atom. The summed E-state index contributed by atoms with van der Waals surface area (Å²) in [5, 5.41) is 17.4. The van der Waals surface area contributed by atoms with Crippen LogP contribution in [0.1, 0.15) is 13.8 Å². The van der Waals surface area contributed by atoms with Crippen molar-refractivity contribution in [3.8, 4) is 17.0 Å². The van der Waals surface area contributed by atoms with Gasteiger partial charge in [0.25, 0.3) is 0 Å². The number of thioether (sulfide) groups is 1. The molecule has 0 fully saturated rings. The molecule has 0 unspecified atom stereocenters. The molecule has 22 heavy (non-hydrogen) atoms. The molecular formula is C13H13F2N3O3S. The first-order valence-corrected chi connectivity index (χ1v) is 7.20. The molecule has 2 aromatic rings. The third-order valence-electron chi connectivity index (χ3n) is 2.62. The number of halogens is 2. The van der Waals surface area contributed by atoms with Gasteiger partial charge in [-0.05, 0) is 18.2 Å². The number of rotatable bonds is 6. The summed E-state index contributed by atoms with van der Waals surface area (Å²) in [5.41, 5.74) is -0.0900. The first-order chi connectivity index (χ1) is 10.4. The summed E-state index contributed by atoms with van der Waals surface area (Å²) < 4.78 is 29.5. The van der Waals surface area contributed by atoms with E-state index in [0.717, 1.165) is 11.1 Å². The van der Waals surface area contributed by atoms with Crippen molar-refractivity contribution in [2.75, 3.05) is 0 Å². The highest BCUT2D eigenvalue weighted by atomic mass is 32.2. The molecule has 0 aliphatic carbocycles. The average Bonchev–Trinajstić information content (AvgIpc) is 2.88. The van der Waals surface area contributed by atoms with Gasteiger partial charge in [0.05, 0.1) is 10.5 Å². The highest BCUT2D eigenvalue weighted by Crippen LogP contribution is 2.38. The second-order valence-corrected chi connectivity index (χ2v) is 6.24. The molecule has 0 radical (unpaired) electrons. The zero-order valence-corrected chi connectivity index (χ0v) is 12.6. The lowest BCUT2D eigenvalue weighted by Gasteiger charge is -2.12. The Labute approximate surface area is 129 Å². The van der Waals surface area contributed by atoms with E-state index in [0.29, 0.717) is 0 Å². The molecule has 0 amide bonds. The largest absolute Gasteiger partial charge is 0.434 e. The lowest BCUT2D eigenvalue weighted by atomic mass is 10.1. The Kier molecular flexibility index (Phi) is 4.96. The molecule has 0 saturated carbocycles. The van der Waals surface area contributed by atoms with Crippen molar-refractivity contribution >= 4 is 17.4 Å². The van der Waals surface area contributed by atoms with Crippen LogP contribution in [-0.4, -0.2) is 27.0 Å². The quantitative estimate of drug-likeness (QED) is 0.490. The molecule has 0 aliphatic rings. The molecule has 1 aromatic heterocycles. The van der Waals surface area contributed by atoms with Gasteiger partial charge in [-0.3, -0.25) is 15.2 Å². The highest BCUT2D eigenvalue weighted by molar-refractivity contribution is 7.99. The van der Waals surface area contributed by atoms with Crippen LogP contribution in [0.15, 0.2) is 29.3 Å². The standard InChI is InChI=1S/C13H13F2N3O3S/c1-7(2)22-8-3-4-11(21-13(14)15)9(5-8)12-10(18(19)20)6-16-17-12/h3-7,13H,1-2H3,(H,16,17). The molecule has 1 heterocycles. The van der Waals surface area contributed by atoms with Crippen LogP contribution in [0.25, 0.3) is 11.3 Å². The molecule has 1 aromatic carbocycles. The maximum Gasteiger partial charge on any atom is 0.387 e. The lowest BCUT2D eigenvalue weighted by molar-refractivity contribution is -0.384. The van der Waals surface area contributed by atoms with E-state index in [1.54, 1.807) is 12.1 Å². The van der Waals surface area contributed by atoms with E-state index >= 15 is 0 Å². The van der Waals surface area contributed by atoms with Gasteiger partial charge in [0.2, 0.25) is 0 Å². The fraction of sp³-hybridized carbons (Fsp3) is 0.308. The van der Waals surface area contributed by atoms with E-state index in [1.807, 2.05) is 13.8 Å². The van der Waals surface area contributed by atoms with Crippen molar-refractivity contribution in [2.45, 2.75) is 30.6 Å². The van der Waals surface area contributed by atoms with E-state index in [4.69, 9.17) is 0 Å². The van der Waals surface area contributed by atoms with Gasteiger partial charge in [0, 0.05) is 10.1 Å². The Balaban J connectivity index is 2.53. The molecule has 9 heteroatoms. The van der Waals surface area contributed by atoms with Crippen LogP contribution >= 0.6 is 11.8 Å². The minimum atomic E-state index is -3.02. The Morgan fingerprint density at radius 1 is 1.41 bits per heavy atom. The summed E-state index contributed by atoms with van der Waals surface area (Å²) in [6.07, 6.45) is 1.03. The number of nitro groups is 1. The summed E-state index contributed by atoms with van der Waals surface area (Å²) in [6, 6.07) is 4.58. The maximum absolute atomic E-state index is 12.5. The van der Waals surface area contributed by atoms with Gasteiger partial charge in [0.15, 0.2) is 0 Å². The topological polar surface area (TPSA) is 81.0 Å². The van der Waals surface area contributed by atoms with Gasteiger partial charge in [0.1, 0.15) is 17.6 Å². The van der Waals surface area contributed by atoms with Crippen molar-refractivity contribution in [1.82, 2.24) is 10.2 Å². The highest BCUT2D eigenvalue weighted by Gasteiger charge is 2.23. The first kappa shape index (κ1) is 16.2. The van der Waals surface area contributed by atoms with Crippen molar-refractivity contribution in [1.29, 1.82) is 0 Å². The molecule has 1 N–H and O–H groups in total. The number of H-pyrrole nitrogens is 1. The Morgan fingerprint density at radius 3 is 2.73 bits per heavy atom. The summed E-state index contributed by atoms with van der Waals surface area (Å²) in [7, 11) is 0. The molecular weight excluding hydrogens is 316 g/mol. The summed E-state index contributed by atoms with van der Waals surface area (Å²) >= 11 is 1.50. The van der Waals surface area contributed by atoms with Gasteiger partial charge in [-0.15, -0.1) is 11.8 Å². The van der Waals surface area contributed by atoms with Crippen LogP contribution < -0.4 is 4.74 Å². The fourth-order valence-corrected chi connectivity index (χ4v) is 2.74. The SMILES string of the molecule is CC(C)Sc1ccc(OC(F)F)c(-c2[nH]ncc2[N+](=O)[O-])c1. The second kappa shape index (κ2) is 6.73. The fourth-order valence-electron chi connectivity index (χ4n) is 1.87. The van der Waals surface area contributed by atoms with E-state index in [2.05, 4.69) is 14.9 Å². The molecule has 0 aliphatic heterocycles. The van der Waals surface area contributed by atoms with Gasteiger partial charge in [-0.2, -0.15) is 13.9 Å². The van der Waals surface area contributed by atoms with Crippen molar-refractivity contribution in [3.63, 3.8) is 0 Å². The third-order valence-corrected chi connectivity index (χ3v) is 3.62. The zero-order valence-electron chi connectivity index (χ0n) is 11.7. The molecule has 2 rings (SSSR count). The lowest BCUT2D eigenvalue weighted by Crippen LogP contribution is -2.04. The third kappa shape index (κ3) is 3.73. The average molecular weight is 329 g/mol. The van der Waals surface area contributed by atoms with Gasteiger partial charge >= 0.3 is 12.3 Å². The molecule has 118 valence electrons. The van der Waals surface area contributed by atoms with Crippen LogP contribution in [0.3, 0.4) is 0 Å². The number of benzene rings is 1. The summed E-state index contributed by atoms with van der Waals surface area (Å²) in [5.74, 6) is -0.143. The number of aromatic nitrogens is 2. The monoisotopic (exact) mass is 329 g/mol. The normalized spacial score (nSPS) is 11.2. The number of nitrogens with one attached hydrogen (secondary N) is 1. The van der Waals surface area contributed by atoms with Crippen molar-refractivity contribution in [2.24, 2.45) is 0 Å². The smallest absolute Gasteiger partial charge is 0.387 e. The first-order valence-electron chi connectivity index (χ1n) is 6.32. The van der Waals surface area contributed by atoms with Crippen LogP contribution in [0.5, 0.6) is 5.75 Å².